The lowest BCUT2D eigenvalue weighted by Gasteiger charge is -2.21. The largest absolute Gasteiger partial charge is 0.339 e. The second kappa shape index (κ2) is 8.70. The average molecular weight is 324 g/mol. The van der Waals surface area contributed by atoms with Crippen LogP contribution in [0.1, 0.15) is 37.0 Å². The zero-order valence-electron chi connectivity index (χ0n) is 13.2. The van der Waals surface area contributed by atoms with E-state index in [0.717, 1.165) is 12.8 Å². The fourth-order valence-electron chi connectivity index (χ4n) is 2.09. The summed E-state index contributed by atoms with van der Waals surface area (Å²) >= 11 is 0. The van der Waals surface area contributed by atoms with E-state index in [1.807, 2.05) is 13.8 Å². The van der Waals surface area contributed by atoms with Crippen LogP contribution in [0.4, 0.5) is 0 Å². The molecule has 1 rings (SSSR count). The quantitative estimate of drug-likeness (QED) is 0.709. The van der Waals surface area contributed by atoms with Crippen LogP contribution < -0.4 is 4.72 Å². The maximum absolute atomic E-state index is 12.5. The fraction of sp³-hybridized carbons (Fsp3) is 0.438. The summed E-state index contributed by atoms with van der Waals surface area (Å²) in [5.41, 5.74) is 0.392. The van der Waals surface area contributed by atoms with Crippen LogP contribution in [0.5, 0.6) is 0 Å². The van der Waals surface area contributed by atoms with Gasteiger partial charge in [0.2, 0.25) is 10.0 Å². The number of carbonyl (C=O) groups excluding carboxylic acids is 1. The Morgan fingerprint density at radius 1 is 1.27 bits per heavy atom. The molecular weight excluding hydrogens is 300 g/mol. The Labute approximate surface area is 133 Å². The molecule has 0 unspecified atom stereocenters. The lowest BCUT2D eigenvalue weighted by molar-refractivity contribution is 0.0755. The van der Waals surface area contributed by atoms with Crippen LogP contribution in [0.2, 0.25) is 0 Å². The Morgan fingerprint density at radius 2 is 1.91 bits per heavy atom. The van der Waals surface area contributed by atoms with E-state index in [1.165, 1.54) is 18.2 Å². The zero-order chi connectivity index (χ0) is 16.6. The van der Waals surface area contributed by atoms with Crippen molar-refractivity contribution in [2.45, 2.75) is 31.6 Å². The van der Waals surface area contributed by atoms with E-state index in [4.69, 9.17) is 0 Å². The SMILES string of the molecule is C=CCNS(=O)(=O)c1cccc(C(=O)N(CCC)CCC)c1. The van der Waals surface area contributed by atoms with Crippen molar-refractivity contribution in [3.8, 4) is 0 Å². The second-order valence-electron chi connectivity index (χ2n) is 4.96. The van der Waals surface area contributed by atoms with Crippen molar-refractivity contribution in [3.63, 3.8) is 0 Å². The number of hydrogen-bond donors (Lipinski definition) is 1. The van der Waals surface area contributed by atoms with Gasteiger partial charge in [0.1, 0.15) is 0 Å². The van der Waals surface area contributed by atoms with Gasteiger partial charge in [0, 0.05) is 25.2 Å². The Bertz CT molecular complexity index is 606. The minimum atomic E-state index is -3.62. The molecule has 0 saturated heterocycles. The number of hydrogen-bond acceptors (Lipinski definition) is 3. The minimum Gasteiger partial charge on any atom is -0.339 e. The summed E-state index contributed by atoms with van der Waals surface area (Å²) < 4.78 is 26.6. The van der Waals surface area contributed by atoms with E-state index in [0.29, 0.717) is 18.7 Å². The van der Waals surface area contributed by atoms with Crippen molar-refractivity contribution >= 4 is 15.9 Å². The van der Waals surface area contributed by atoms with E-state index >= 15 is 0 Å². The normalized spacial score (nSPS) is 11.2. The summed E-state index contributed by atoms with van der Waals surface area (Å²) in [4.78, 5) is 14.4. The van der Waals surface area contributed by atoms with E-state index in [1.54, 1.807) is 17.0 Å². The van der Waals surface area contributed by atoms with Crippen LogP contribution in [-0.4, -0.2) is 38.9 Å². The molecule has 0 bridgehead atoms. The number of amides is 1. The highest BCUT2D eigenvalue weighted by Gasteiger charge is 2.18. The van der Waals surface area contributed by atoms with Crippen LogP contribution in [0.3, 0.4) is 0 Å². The number of benzene rings is 1. The van der Waals surface area contributed by atoms with Crippen molar-refractivity contribution in [1.82, 2.24) is 9.62 Å². The van der Waals surface area contributed by atoms with E-state index in [2.05, 4.69) is 11.3 Å². The Balaban J connectivity index is 3.04. The predicted octanol–water partition coefficient (Wildman–Crippen LogP) is 2.41. The van der Waals surface area contributed by atoms with Crippen LogP contribution in [0, 0.1) is 0 Å². The van der Waals surface area contributed by atoms with Gasteiger partial charge in [-0.3, -0.25) is 4.79 Å². The van der Waals surface area contributed by atoms with Crippen molar-refractivity contribution in [2.24, 2.45) is 0 Å². The summed E-state index contributed by atoms with van der Waals surface area (Å²) in [7, 11) is -3.62. The van der Waals surface area contributed by atoms with E-state index in [9.17, 15) is 13.2 Å². The molecule has 0 heterocycles. The molecule has 1 N–H and O–H groups in total. The molecule has 0 saturated carbocycles. The topological polar surface area (TPSA) is 66.5 Å². The van der Waals surface area contributed by atoms with Crippen LogP contribution in [0.25, 0.3) is 0 Å². The average Bonchev–Trinajstić information content (AvgIpc) is 2.52. The summed E-state index contributed by atoms with van der Waals surface area (Å²) in [6, 6.07) is 6.14. The molecule has 0 aliphatic rings. The van der Waals surface area contributed by atoms with Crippen LogP contribution in [-0.2, 0) is 10.0 Å². The number of sulfonamides is 1. The third kappa shape index (κ3) is 4.96. The van der Waals surface area contributed by atoms with Gasteiger partial charge in [0.15, 0.2) is 0 Å². The highest BCUT2D eigenvalue weighted by atomic mass is 32.2. The number of nitrogens with zero attached hydrogens (tertiary/aromatic N) is 1. The van der Waals surface area contributed by atoms with Gasteiger partial charge in [0.05, 0.1) is 4.90 Å². The van der Waals surface area contributed by atoms with Gasteiger partial charge in [-0.05, 0) is 31.0 Å². The Kier molecular flexibility index (Phi) is 7.27. The van der Waals surface area contributed by atoms with Gasteiger partial charge in [-0.1, -0.05) is 26.0 Å². The second-order valence-corrected chi connectivity index (χ2v) is 6.73. The molecule has 0 aromatic heterocycles. The lowest BCUT2D eigenvalue weighted by Crippen LogP contribution is -2.32. The molecule has 122 valence electrons. The standard InChI is InChI=1S/C16H24N2O3S/c1-4-10-17-22(20,21)15-9-7-8-14(13-15)16(19)18(11-5-2)12-6-3/h4,7-9,13,17H,1,5-6,10-12H2,2-3H3. The summed E-state index contributed by atoms with van der Waals surface area (Å²) in [5, 5.41) is 0. The van der Waals surface area contributed by atoms with E-state index < -0.39 is 10.0 Å². The highest BCUT2D eigenvalue weighted by Crippen LogP contribution is 2.14. The molecule has 0 spiro atoms. The molecule has 1 amide bonds. The van der Waals surface area contributed by atoms with Gasteiger partial charge < -0.3 is 4.90 Å². The molecular formula is C16H24N2O3S. The molecule has 0 radical (unpaired) electrons. The van der Waals surface area contributed by atoms with Crippen molar-refractivity contribution in [1.29, 1.82) is 0 Å². The van der Waals surface area contributed by atoms with Gasteiger partial charge in [0.25, 0.3) is 5.91 Å². The molecule has 0 aliphatic heterocycles. The van der Waals surface area contributed by atoms with Crippen molar-refractivity contribution in [3.05, 3.63) is 42.5 Å². The smallest absolute Gasteiger partial charge is 0.253 e. The van der Waals surface area contributed by atoms with Crippen LogP contribution >= 0.6 is 0 Å². The molecule has 1 aromatic rings. The molecule has 5 nitrogen and oxygen atoms in total. The Hall–Kier alpha value is -1.66. The molecule has 0 aliphatic carbocycles. The zero-order valence-corrected chi connectivity index (χ0v) is 14.0. The first-order valence-electron chi connectivity index (χ1n) is 7.46. The summed E-state index contributed by atoms with van der Waals surface area (Å²) in [5.74, 6) is -0.135. The van der Waals surface area contributed by atoms with Crippen molar-refractivity contribution in [2.75, 3.05) is 19.6 Å². The maximum atomic E-state index is 12.5. The van der Waals surface area contributed by atoms with Crippen LogP contribution in [0.15, 0.2) is 41.8 Å². The van der Waals surface area contributed by atoms with E-state index in [-0.39, 0.29) is 17.3 Å². The lowest BCUT2D eigenvalue weighted by atomic mass is 10.2. The van der Waals surface area contributed by atoms with Gasteiger partial charge >= 0.3 is 0 Å². The molecule has 6 heteroatoms. The van der Waals surface area contributed by atoms with Gasteiger partial charge in [-0.25, -0.2) is 13.1 Å². The monoisotopic (exact) mass is 324 g/mol. The molecule has 1 aromatic carbocycles. The summed E-state index contributed by atoms with van der Waals surface area (Å²) in [6.45, 7) is 8.98. The number of carbonyl (C=O) groups is 1. The fourth-order valence-corrected chi connectivity index (χ4v) is 3.13. The third-order valence-electron chi connectivity index (χ3n) is 3.08. The third-order valence-corrected chi connectivity index (χ3v) is 4.50. The highest BCUT2D eigenvalue weighted by molar-refractivity contribution is 7.89. The molecule has 0 atom stereocenters. The van der Waals surface area contributed by atoms with Gasteiger partial charge in [-0.2, -0.15) is 0 Å². The summed E-state index contributed by atoms with van der Waals surface area (Å²) in [6.07, 6.45) is 3.20. The maximum Gasteiger partial charge on any atom is 0.253 e. The predicted molar refractivity (Wildman–Crippen MR) is 88.3 cm³/mol. The first-order valence-corrected chi connectivity index (χ1v) is 8.94. The van der Waals surface area contributed by atoms with Gasteiger partial charge in [-0.15, -0.1) is 6.58 Å². The number of rotatable bonds is 9. The minimum absolute atomic E-state index is 0.0909. The number of nitrogens with one attached hydrogen (secondary N) is 1. The van der Waals surface area contributed by atoms with Crippen molar-refractivity contribution < 1.29 is 13.2 Å². The molecule has 0 fully saturated rings. The Morgan fingerprint density at radius 3 is 2.45 bits per heavy atom. The molecule has 22 heavy (non-hydrogen) atoms. The first kappa shape index (κ1) is 18.4. The first-order chi connectivity index (χ1) is 10.5.